The molecule has 2 N–H and O–H groups in total. The lowest BCUT2D eigenvalue weighted by atomic mass is 10.1. The van der Waals surface area contributed by atoms with Crippen LogP contribution in [0.5, 0.6) is 0 Å². The number of anilines is 3. The number of carbonyl (C=O) groups is 2. The van der Waals surface area contributed by atoms with Gasteiger partial charge in [-0.05, 0) is 60.7 Å². The summed E-state index contributed by atoms with van der Waals surface area (Å²) in [5.74, 6) is -0.689. The molecule has 0 saturated carbocycles. The summed E-state index contributed by atoms with van der Waals surface area (Å²) < 4.78 is 4.64. The van der Waals surface area contributed by atoms with Crippen molar-refractivity contribution in [2.24, 2.45) is 0 Å². The van der Waals surface area contributed by atoms with E-state index in [-0.39, 0.29) is 5.91 Å². The number of carbonyl (C=O) groups excluding carboxylic acids is 2. The minimum atomic E-state index is -0.436. The smallest absolute Gasteiger partial charge is 0.337 e. The van der Waals surface area contributed by atoms with Gasteiger partial charge in [0.25, 0.3) is 5.91 Å². The summed E-state index contributed by atoms with van der Waals surface area (Å²) in [5, 5.41) is 6.06. The van der Waals surface area contributed by atoms with E-state index in [0.29, 0.717) is 16.8 Å². The Morgan fingerprint density at radius 2 is 1.31 bits per heavy atom. The zero-order valence-corrected chi connectivity index (χ0v) is 14.1. The van der Waals surface area contributed by atoms with Crippen molar-refractivity contribution in [2.45, 2.75) is 0 Å². The quantitative estimate of drug-likeness (QED) is 0.685. The number of hydrogen-bond donors (Lipinski definition) is 2. The molecule has 26 heavy (non-hydrogen) atoms. The maximum atomic E-state index is 12.3. The van der Waals surface area contributed by atoms with Crippen molar-refractivity contribution in [3.63, 3.8) is 0 Å². The fourth-order valence-electron chi connectivity index (χ4n) is 2.32. The molecule has 0 aliphatic carbocycles. The van der Waals surface area contributed by atoms with Crippen LogP contribution in [-0.2, 0) is 4.74 Å². The maximum absolute atomic E-state index is 12.3. The summed E-state index contributed by atoms with van der Waals surface area (Å²) in [6, 6.07) is 17.4. The molecule has 0 radical (unpaired) electrons. The number of hydrogen-bond acceptors (Lipinski definition) is 5. The van der Waals surface area contributed by atoms with Gasteiger partial charge in [0.15, 0.2) is 0 Å². The van der Waals surface area contributed by atoms with Gasteiger partial charge in [0.2, 0.25) is 0 Å². The summed E-state index contributed by atoms with van der Waals surface area (Å²) in [7, 11) is 1.32. The van der Waals surface area contributed by atoms with Gasteiger partial charge in [-0.15, -0.1) is 0 Å². The fraction of sp³-hybridized carbons (Fsp3) is 0.0500. The number of rotatable bonds is 5. The van der Waals surface area contributed by atoms with Crippen LogP contribution in [0.2, 0.25) is 0 Å². The molecule has 0 saturated heterocycles. The van der Waals surface area contributed by atoms with E-state index in [2.05, 4.69) is 20.4 Å². The van der Waals surface area contributed by atoms with Crippen molar-refractivity contribution in [2.75, 3.05) is 17.7 Å². The Bertz CT molecular complexity index is 892. The van der Waals surface area contributed by atoms with Crippen molar-refractivity contribution in [1.82, 2.24) is 4.98 Å². The van der Waals surface area contributed by atoms with Crippen LogP contribution < -0.4 is 10.6 Å². The summed E-state index contributed by atoms with van der Waals surface area (Å²) in [4.78, 5) is 27.7. The number of pyridine rings is 1. The predicted octanol–water partition coefficient (Wildman–Crippen LogP) is 3.86. The number of esters is 1. The SMILES string of the molecule is COC(=O)c1ccc(C(=O)Nc2ccc(Nc3ccncc3)cc2)cc1. The van der Waals surface area contributed by atoms with E-state index in [1.54, 1.807) is 36.7 Å². The normalized spacial score (nSPS) is 10.0. The van der Waals surface area contributed by atoms with Gasteiger partial charge in [-0.2, -0.15) is 0 Å². The van der Waals surface area contributed by atoms with Gasteiger partial charge < -0.3 is 15.4 Å². The second-order valence-electron chi connectivity index (χ2n) is 5.46. The van der Waals surface area contributed by atoms with E-state index in [0.717, 1.165) is 11.4 Å². The van der Waals surface area contributed by atoms with Gasteiger partial charge in [-0.25, -0.2) is 4.79 Å². The van der Waals surface area contributed by atoms with E-state index in [4.69, 9.17) is 0 Å². The molecule has 6 nitrogen and oxygen atoms in total. The molecule has 2 aromatic carbocycles. The largest absolute Gasteiger partial charge is 0.465 e. The number of nitrogens with zero attached hydrogens (tertiary/aromatic N) is 1. The molecule has 1 heterocycles. The third-order valence-electron chi connectivity index (χ3n) is 3.68. The molecule has 0 aliphatic heterocycles. The topological polar surface area (TPSA) is 80.3 Å². The molecule has 3 aromatic rings. The lowest BCUT2D eigenvalue weighted by Crippen LogP contribution is -2.12. The lowest BCUT2D eigenvalue weighted by Gasteiger charge is -2.09. The summed E-state index contributed by atoms with van der Waals surface area (Å²) >= 11 is 0. The first-order valence-corrected chi connectivity index (χ1v) is 7.92. The molecule has 3 rings (SSSR count). The van der Waals surface area contributed by atoms with Crippen LogP contribution in [0.1, 0.15) is 20.7 Å². The van der Waals surface area contributed by atoms with Gasteiger partial charge in [-0.1, -0.05) is 0 Å². The standard InChI is InChI=1S/C20H17N3O3/c1-26-20(25)15-4-2-14(3-5-15)19(24)23-17-8-6-16(7-9-17)22-18-10-12-21-13-11-18/h2-13H,1H3,(H,21,22)(H,23,24). The highest BCUT2D eigenvalue weighted by Crippen LogP contribution is 2.19. The van der Waals surface area contributed by atoms with Crippen LogP contribution in [0, 0.1) is 0 Å². The highest BCUT2D eigenvalue weighted by molar-refractivity contribution is 6.04. The lowest BCUT2D eigenvalue weighted by molar-refractivity contribution is 0.0600. The van der Waals surface area contributed by atoms with Crippen LogP contribution in [0.4, 0.5) is 17.1 Å². The highest BCUT2D eigenvalue weighted by atomic mass is 16.5. The first-order chi connectivity index (χ1) is 12.7. The average molecular weight is 347 g/mol. The molecule has 0 unspecified atom stereocenters. The average Bonchev–Trinajstić information content (AvgIpc) is 2.70. The molecular formula is C20H17N3O3. The predicted molar refractivity (Wildman–Crippen MR) is 99.7 cm³/mol. The number of aromatic nitrogens is 1. The van der Waals surface area contributed by atoms with E-state index >= 15 is 0 Å². The van der Waals surface area contributed by atoms with Crippen LogP contribution in [0.3, 0.4) is 0 Å². The van der Waals surface area contributed by atoms with Crippen LogP contribution in [-0.4, -0.2) is 24.0 Å². The van der Waals surface area contributed by atoms with Gasteiger partial charge in [0.1, 0.15) is 0 Å². The van der Waals surface area contributed by atoms with Crippen molar-refractivity contribution in [1.29, 1.82) is 0 Å². The minimum absolute atomic E-state index is 0.253. The molecule has 1 aromatic heterocycles. The van der Waals surface area contributed by atoms with E-state index in [9.17, 15) is 9.59 Å². The monoisotopic (exact) mass is 347 g/mol. The zero-order valence-electron chi connectivity index (χ0n) is 14.1. The molecule has 0 fully saturated rings. The molecule has 130 valence electrons. The summed E-state index contributed by atoms with van der Waals surface area (Å²) in [6.07, 6.45) is 3.42. The molecule has 0 bridgehead atoms. The first-order valence-electron chi connectivity index (χ1n) is 7.92. The third-order valence-corrected chi connectivity index (χ3v) is 3.68. The molecule has 0 spiro atoms. The highest BCUT2D eigenvalue weighted by Gasteiger charge is 2.09. The van der Waals surface area contributed by atoms with Crippen molar-refractivity contribution in [3.05, 3.63) is 84.2 Å². The third kappa shape index (κ3) is 4.24. The Morgan fingerprint density at radius 3 is 1.92 bits per heavy atom. The van der Waals surface area contributed by atoms with E-state index < -0.39 is 5.97 Å². The second kappa shape index (κ2) is 7.94. The van der Waals surface area contributed by atoms with Crippen molar-refractivity contribution in [3.8, 4) is 0 Å². The molecule has 1 amide bonds. The number of amides is 1. The maximum Gasteiger partial charge on any atom is 0.337 e. The molecule has 0 atom stereocenters. The van der Waals surface area contributed by atoms with Crippen LogP contribution in [0.25, 0.3) is 0 Å². The minimum Gasteiger partial charge on any atom is -0.465 e. The molecular weight excluding hydrogens is 330 g/mol. The van der Waals surface area contributed by atoms with E-state index in [1.165, 1.54) is 7.11 Å². The van der Waals surface area contributed by atoms with Gasteiger partial charge >= 0.3 is 5.97 Å². The molecule has 6 heteroatoms. The van der Waals surface area contributed by atoms with E-state index in [1.807, 2.05) is 36.4 Å². The number of nitrogens with one attached hydrogen (secondary N) is 2. The Labute approximate surface area is 150 Å². The fourth-order valence-corrected chi connectivity index (χ4v) is 2.32. The summed E-state index contributed by atoms with van der Waals surface area (Å²) in [5.41, 5.74) is 3.36. The Kier molecular flexibility index (Phi) is 5.24. The Morgan fingerprint density at radius 1 is 0.769 bits per heavy atom. The Hall–Kier alpha value is -3.67. The van der Waals surface area contributed by atoms with Gasteiger partial charge in [0.05, 0.1) is 12.7 Å². The van der Waals surface area contributed by atoms with Crippen LogP contribution in [0.15, 0.2) is 73.1 Å². The van der Waals surface area contributed by atoms with Gasteiger partial charge in [0, 0.05) is 35.0 Å². The van der Waals surface area contributed by atoms with Gasteiger partial charge in [-0.3, -0.25) is 9.78 Å². The van der Waals surface area contributed by atoms with Crippen molar-refractivity contribution >= 4 is 28.9 Å². The Balaban J connectivity index is 1.63. The zero-order chi connectivity index (χ0) is 18.4. The van der Waals surface area contributed by atoms with Crippen LogP contribution >= 0.6 is 0 Å². The molecule has 0 aliphatic rings. The number of benzene rings is 2. The summed E-state index contributed by atoms with van der Waals surface area (Å²) in [6.45, 7) is 0. The second-order valence-corrected chi connectivity index (χ2v) is 5.46. The first kappa shape index (κ1) is 17.2. The van der Waals surface area contributed by atoms with Crippen molar-refractivity contribution < 1.29 is 14.3 Å². The number of ether oxygens (including phenoxy) is 1. The number of methoxy groups -OCH3 is 1.